The standard InChI is InChI=1S/C22H26BrN3O2/c1-16-9-11-25(15-17-5-3-2-4-6-17)12-13-26(16)22(27)24-20-8-7-19(23)21-18(20)10-14-28-21/h2-8,16H,9-15H2,1H3,(H,24,27). The van der Waals surface area contributed by atoms with Gasteiger partial charge in [0.15, 0.2) is 0 Å². The number of carbonyl (C=O) groups excluding carboxylic acids is 1. The number of urea groups is 1. The molecule has 2 amide bonds. The molecule has 4 rings (SSSR count). The molecule has 0 spiro atoms. The van der Waals surface area contributed by atoms with Crippen molar-refractivity contribution in [3.8, 4) is 5.75 Å². The van der Waals surface area contributed by atoms with Crippen LogP contribution in [0.5, 0.6) is 5.75 Å². The zero-order chi connectivity index (χ0) is 19.5. The van der Waals surface area contributed by atoms with Gasteiger partial charge in [-0.2, -0.15) is 0 Å². The third-order valence-electron chi connectivity index (χ3n) is 5.61. The van der Waals surface area contributed by atoms with Gasteiger partial charge in [0, 0.05) is 49.9 Å². The van der Waals surface area contributed by atoms with Gasteiger partial charge in [-0.25, -0.2) is 4.79 Å². The average Bonchev–Trinajstić information content (AvgIpc) is 3.13. The summed E-state index contributed by atoms with van der Waals surface area (Å²) in [5, 5.41) is 3.13. The first-order valence-corrected chi connectivity index (χ1v) is 10.7. The van der Waals surface area contributed by atoms with Crippen LogP contribution in [0.15, 0.2) is 46.9 Å². The maximum Gasteiger partial charge on any atom is 0.322 e. The summed E-state index contributed by atoms with van der Waals surface area (Å²) in [4.78, 5) is 17.4. The van der Waals surface area contributed by atoms with Crippen LogP contribution in [0.25, 0.3) is 0 Å². The molecular weight excluding hydrogens is 418 g/mol. The van der Waals surface area contributed by atoms with Crippen LogP contribution in [-0.2, 0) is 13.0 Å². The van der Waals surface area contributed by atoms with Crippen molar-refractivity contribution in [3.05, 3.63) is 58.1 Å². The molecule has 2 aromatic carbocycles. The lowest BCUT2D eigenvalue weighted by Gasteiger charge is -2.27. The Bertz CT molecular complexity index is 843. The van der Waals surface area contributed by atoms with Crippen LogP contribution in [0.1, 0.15) is 24.5 Å². The minimum Gasteiger partial charge on any atom is -0.492 e. The van der Waals surface area contributed by atoms with Crippen molar-refractivity contribution in [3.63, 3.8) is 0 Å². The monoisotopic (exact) mass is 443 g/mol. The van der Waals surface area contributed by atoms with Crippen molar-refractivity contribution in [1.29, 1.82) is 0 Å². The van der Waals surface area contributed by atoms with Crippen molar-refractivity contribution < 1.29 is 9.53 Å². The Morgan fingerprint density at radius 2 is 2.00 bits per heavy atom. The van der Waals surface area contributed by atoms with Gasteiger partial charge in [-0.15, -0.1) is 0 Å². The molecule has 5 nitrogen and oxygen atoms in total. The topological polar surface area (TPSA) is 44.8 Å². The summed E-state index contributed by atoms with van der Waals surface area (Å²) in [5.41, 5.74) is 3.26. The molecule has 0 bridgehead atoms. The SMILES string of the molecule is CC1CCN(Cc2ccccc2)CCN1C(=O)Nc1ccc(Br)c2c1CCO2. The maximum atomic E-state index is 13.0. The Morgan fingerprint density at radius 3 is 2.82 bits per heavy atom. The Hall–Kier alpha value is -2.05. The molecule has 0 saturated carbocycles. The highest BCUT2D eigenvalue weighted by atomic mass is 79.9. The highest BCUT2D eigenvalue weighted by Crippen LogP contribution is 2.38. The lowest BCUT2D eigenvalue weighted by Crippen LogP contribution is -2.42. The predicted molar refractivity (Wildman–Crippen MR) is 115 cm³/mol. The number of anilines is 1. The lowest BCUT2D eigenvalue weighted by atomic mass is 10.1. The van der Waals surface area contributed by atoms with E-state index in [1.54, 1.807) is 0 Å². The zero-order valence-corrected chi connectivity index (χ0v) is 17.7. The number of fused-ring (bicyclic) bond motifs is 1. The number of nitrogens with zero attached hydrogens (tertiary/aromatic N) is 2. The van der Waals surface area contributed by atoms with Gasteiger partial charge in [-0.05, 0) is 47.0 Å². The number of amides is 2. The summed E-state index contributed by atoms with van der Waals surface area (Å²) in [6, 6.07) is 14.6. The van der Waals surface area contributed by atoms with E-state index in [0.717, 1.165) is 60.5 Å². The Kier molecular flexibility index (Phi) is 5.87. The normalized spacial score (nSPS) is 19.6. The number of hydrogen-bond acceptors (Lipinski definition) is 3. The minimum atomic E-state index is -0.0227. The van der Waals surface area contributed by atoms with E-state index in [1.807, 2.05) is 23.1 Å². The van der Waals surface area contributed by atoms with E-state index < -0.39 is 0 Å². The first-order chi connectivity index (χ1) is 13.6. The van der Waals surface area contributed by atoms with Gasteiger partial charge in [0.25, 0.3) is 0 Å². The number of carbonyl (C=O) groups is 1. The molecule has 2 heterocycles. The molecule has 0 aliphatic carbocycles. The molecule has 6 heteroatoms. The van der Waals surface area contributed by atoms with E-state index in [9.17, 15) is 4.79 Å². The number of ether oxygens (including phenoxy) is 1. The molecule has 2 aromatic rings. The first-order valence-electron chi connectivity index (χ1n) is 9.90. The van der Waals surface area contributed by atoms with Gasteiger partial charge in [-0.1, -0.05) is 30.3 Å². The minimum absolute atomic E-state index is 0.0227. The fourth-order valence-electron chi connectivity index (χ4n) is 3.97. The molecule has 2 aliphatic rings. The van der Waals surface area contributed by atoms with E-state index in [2.05, 4.69) is 57.3 Å². The highest BCUT2D eigenvalue weighted by Gasteiger charge is 2.27. The van der Waals surface area contributed by atoms with E-state index in [4.69, 9.17) is 4.74 Å². The smallest absolute Gasteiger partial charge is 0.322 e. The van der Waals surface area contributed by atoms with E-state index >= 15 is 0 Å². The van der Waals surface area contributed by atoms with Crippen molar-refractivity contribution >= 4 is 27.6 Å². The number of halogens is 1. The van der Waals surface area contributed by atoms with Gasteiger partial charge in [0.05, 0.1) is 11.1 Å². The number of rotatable bonds is 3. The number of hydrogen-bond donors (Lipinski definition) is 1. The average molecular weight is 444 g/mol. The van der Waals surface area contributed by atoms with Crippen LogP contribution in [0.4, 0.5) is 10.5 Å². The van der Waals surface area contributed by atoms with Crippen LogP contribution in [0.2, 0.25) is 0 Å². The molecule has 1 atom stereocenters. The summed E-state index contributed by atoms with van der Waals surface area (Å²) in [7, 11) is 0. The van der Waals surface area contributed by atoms with Crippen LogP contribution in [0, 0.1) is 0 Å². The van der Waals surface area contributed by atoms with Gasteiger partial charge in [-0.3, -0.25) is 4.90 Å². The second-order valence-corrected chi connectivity index (χ2v) is 8.38. The molecule has 1 saturated heterocycles. The van der Waals surface area contributed by atoms with E-state index in [1.165, 1.54) is 5.56 Å². The molecule has 28 heavy (non-hydrogen) atoms. The van der Waals surface area contributed by atoms with Crippen LogP contribution < -0.4 is 10.1 Å². The van der Waals surface area contributed by atoms with Crippen molar-refractivity contribution in [2.24, 2.45) is 0 Å². The molecule has 1 N–H and O–H groups in total. The van der Waals surface area contributed by atoms with Gasteiger partial charge < -0.3 is 15.0 Å². The Labute approximate surface area is 174 Å². The highest BCUT2D eigenvalue weighted by molar-refractivity contribution is 9.10. The maximum absolute atomic E-state index is 13.0. The zero-order valence-electron chi connectivity index (χ0n) is 16.2. The molecule has 1 fully saturated rings. The molecular formula is C22H26BrN3O2. The molecule has 2 aliphatic heterocycles. The summed E-state index contributed by atoms with van der Waals surface area (Å²) in [6.07, 6.45) is 1.80. The Balaban J connectivity index is 1.41. The third kappa shape index (κ3) is 4.18. The summed E-state index contributed by atoms with van der Waals surface area (Å²) in [6.45, 7) is 6.35. The predicted octanol–water partition coefficient (Wildman–Crippen LogP) is 4.51. The first kappa shape index (κ1) is 19.3. The molecule has 1 unspecified atom stereocenters. The fourth-order valence-corrected chi connectivity index (χ4v) is 4.46. The second-order valence-electron chi connectivity index (χ2n) is 7.52. The number of benzene rings is 2. The largest absolute Gasteiger partial charge is 0.492 e. The van der Waals surface area contributed by atoms with E-state index in [-0.39, 0.29) is 12.1 Å². The second kappa shape index (κ2) is 8.53. The van der Waals surface area contributed by atoms with Crippen LogP contribution in [0.3, 0.4) is 0 Å². The van der Waals surface area contributed by atoms with Gasteiger partial charge in [0.2, 0.25) is 0 Å². The van der Waals surface area contributed by atoms with Crippen LogP contribution >= 0.6 is 15.9 Å². The molecule has 0 radical (unpaired) electrons. The molecule has 0 aromatic heterocycles. The van der Waals surface area contributed by atoms with Gasteiger partial charge in [0.1, 0.15) is 5.75 Å². The summed E-state index contributed by atoms with van der Waals surface area (Å²) < 4.78 is 6.63. The number of nitrogens with one attached hydrogen (secondary N) is 1. The van der Waals surface area contributed by atoms with Crippen molar-refractivity contribution in [2.75, 3.05) is 31.6 Å². The van der Waals surface area contributed by atoms with Crippen molar-refractivity contribution in [2.45, 2.75) is 32.4 Å². The fraction of sp³-hybridized carbons (Fsp3) is 0.409. The summed E-state index contributed by atoms with van der Waals surface area (Å²) in [5.74, 6) is 0.857. The Morgan fingerprint density at radius 1 is 1.18 bits per heavy atom. The lowest BCUT2D eigenvalue weighted by molar-refractivity contribution is 0.194. The molecule has 148 valence electrons. The van der Waals surface area contributed by atoms with Gasteiger partial charge >= 0.3 is 6.03 Å². The van der Waals surface area contributed by atoms with Crippen molar-refractivity contribution in [1.82, 2.24) is 9.80 Å². The quantitative estimate of drug-likeness (QED) is 0.758. The summed E-state index contributed by atoms with van der Waals surface area (Å²) >= 11 is 3.52. The van der Waals surface area contributed by atoms with E-state index in [0.29, 0.717) is 6.61 Å². The van der Waals surface area contributed by atoms with Crippen LogP contribution in [-0.4, -0.2) is 48.1 Å². The third-order valence-corrected chi connectivity index (χ3v) is 6.24.